The molecule has 4 heteroatoms. The van der Waals surface area contributed by atoms with Crippen LogP contribution in [-0.4, -0.2) is 11.8 Å². The molecule has 2 amide bonds. The molecule has 2 N–H and O–H groups in total. The van der Waals surface area contributed by atoms with Crippen LogP contribution in [0.3, 0.4) is 0 Å². The summed E-state index contributed by atoms with van der Waals surface area (Å²) in [6.07, 6.45) is 6.44. The Kier molecular flexibility index (Phi) is 4.55. The smallest absolute Gasteiger partial charge is 0.269 e. The van der Waals surface area contributed by atoms with Gasteiger partial charge < -0.3 is 0 Å². The molecule has 1 aromatic rings. The molecule has 1 aliphatic rings. The van der Waals surface area contributed by atoms with Crippen LogP contribution in [0, 0.1) is 0 Å². The van der Waals surface area contributed by atoms with Crippen molar-refractivity contribution in [2.45, 2.75) is 44.9 Å². The van der Waals surface area contributed by atoms with Gasteiger partial charge in [0.25, 0.3) is 5.91 Å². The van der Waals surface area contributed by atoms with Crippen LogP contribution in [0.2, 0.25) is 0 Å². The van der Waals surface area contributed by atoms with Crippen LogP contribution >= 0.6 is 0 Å². The van der Waals surface area contributed by atoms with Crippen LogP contribution in [0.25, 0.3) is 0 Å². The second-order valence-corrected chi connectivity index (χ2v) is 5.09. The van der Waals surface area contributed by atoms with Gasteiger partial charge in [0.15, 0.2) is 0 Å². The third-order valence-corrected chi connectivity index (χ3v) is 3.60. The lowest BCUT2D eigenvalue weighted by molar-refractivity contribution is -0.119. The molecule has 2 rings (SSSR count). The molecule has 1 fully saturated rings. The molecule has 0 aromatic heterocycles. The molecular weight excluding hydrogens is 240 g/mol. The average Bonchev–Trinajstić information content (AvgIpc) is 2.46. The van der Waals surface area contributed by atoms with Crippen LogP contribution in [-0.2, 0) is 4.79 Å². The fraction of sp³-hybridized carbons (Fsp3) is 0.467. The van der Waals surface area contributed by atoms with Crippen molar-refractivity contribution in [1.82, 2.24) is 10.9 Å². The van der Waals surface area contributed by atoms with E-state index in [1.807, 2.05) is 24.3 Å². The van der Waals surface area contributed by atoms with Crippen molar-refractivity contribution >= 4 is 11.8 Å². The van der Waals surface area contributed by atoms with E-state index in [1.165, 1.54) is 44.6 Å². The average molecular weight is 260 g/mol. The van der Waals surface area contributed by atoms with Gasteiger partial charge in [-0.1, -0.05) is 31.4 Å². The first-order valence-electron chi connectivity index (χ1n) is 6.83. The molecule has 0 aliphatic heterocycles. The van der Waals surface area contributed by atoms with Crippen LogP contribution in [0.4, 0.5) is 0 Å². The molecule has 0 radical (unpaired) electrons. The van der Waals surface area contributed by atoms with E-state index in [4.69, 9.17) is 0 Å². The second kappa shape index (κ2) is 6.36. The Hall–Kier alpha value is -1.84. The zero-order valence-corrected chi connectivity index (χ0v) is 11.2. The summed E-state index contributed by atoms with van der Waals surface area (Å²) in [6, 6.07) is 7.69. The van der Waals surface area contributed by atoms with Gasteiger partial charge in [-0.3, -0.25) is 20.4 Å². The van der Waals surface area contributed by atoms with Gasteiger partial charge in [-0.25, -0.2) is 0 Å². The maximum absolute atomic E-state index is 11.7. The van der Waals surface area contributed by atoms with Gasteiger partial charge in [-0.05, 0) is 36.5 Å². The lowest BCUT2D eigenvalue weighted by Crippen LogP contribution is -2.40. The number of carbonyl (C=O) groups excluding carboxylic acids is 2. The number of nitrogens with one attached hydrogen (secondary N) is 2. The van der Waals surface area contributed by atoms with Gasteiger partial charge in [0.05, 0.1) is 0 Å². The normalized spacial score (nSPS) is 15.8. The Morgan fingerprint density at radius 3 is 2.21 bits per heavy atom. The van der Waals surface area contributed by atoms with Crippen LogP contribution in [0.5, 0.6) is 0 Å². The van der Waals surface area contributed by atoms with Crippen molar-refractivity contribution in [2.75, 3.05) is 0 Å². The zero-order chi connectivity index (χ0) is 13.7. The number of rotatable bonds is 2. The van der Waals surface area contributed by atoms with E-state index in [0.717, 1.165) is 0 Å². The molecule has 19 heavy (non-hydrogen) atoms. The lowest BCUT2D eigenvalue weighted by atomic mass is 9.84. The summed E-state index contributed by atoms with van der Waals surface area (Å²) in [5, 5.41) is 0. The number of hydrogen-bond acceptors (Lipinski definition) is 2. The summed E-state index contributed by atoms with van der Waals surface area (Å²) in [5.74, 6) is 0.0683. The minimum Gasteiger partial charge on any atom is -0.274 e. The molecule has 1 aromatic carbocycles. The summed E-state index contributed by atoms with van der Waals surface area (Å²) in [6.45, 7) is 1.35. The molecular formula is C15H20N2O2. The summed E-state index contributed by atoms with van der Waals surface area (Å²) in [7, 11) is 0. The first-order valence-corrected chi connectivity index (χ1v) is 6.83. The predicted molar refractivity (Wildman–Crippen MR) is 73.6 cm³/mol. The van der Waals surface area contributed by atoms with E-state index in [0.29, 0.717) is 11.5 Å². The topological polar surface area (TPSA) is 58.2 Å². The van der Waals surface area contributed by atoms with Gasteiger partial charge in [-0.15, -0.1) is 0 Å². The van der Waals surface area contributed by atoms with Crippen molar-refractivity contribution in [2.24, 2.45) is 0 Å². The predicted octanol–water partition coefficient (Wildman–Crippen LogP) is 2.52. The molecule has 0 heterocycles. The number of amides is 2. The molecule has 102 valence electrons. The molecule has 1 saturated carbocycles. The molecule has 0 bridgehead atoms. The third-order valence-electron chi connectivity index (χ3n) is 3.60. The standard InChI is InChI=1S/C15H20N2O2/c1-11(18)16-17-15(19)14-9-7-13(8-10-14)12-5-3-2-4-6-12/h7-10,12H,2-6H2,1H3,(H,16,18)(H,17,19). The van der Waals surface area contributed by atoms with E-state index in [-0.39, 0.29) is 11.8 Å². The molecule has 0 atom stereocenters. The Morgan fingerprint density at radius 1 is 1.00 bits per heavy atom. The highest BCUT2D eigenvalue weighted by atomic mass is 16.2. The highest BCUT2D eigenvalue weighted by molar-refractivity contribution is 5.95. The Balaban J connectivity index is 1.97. The monoisotopic (exact) mass is 260 g/mol. The minimum atomic E-state index is -0.287. The Labute approximate surface area is 113 Å². The van der Waals surface area contributed by atoms with E-state index >= 15 is 0 Å². The summed E-state index contributed by atoms with van der Waals surface area (Å²) in [4.78, 5) is 22.4. The number of benzene rings is 1. The highest BCUT2D eigenvalue weighted by Crippen LogP contribution is 2.32. The number of hydrazine groups is 1. The fourth-order valence-corrected chi connectivity index (χ4v) is 2.56. The molecule has 1 aliphatic carbocycles. The summed E-state index contributed by atoms with van der Waals surface area (Å²) >= 11 is 0. The van der Waals surface area contributed by atoms with E-state index in [2.05, 4.69) is 10.9 Å². The third kappa shape index (κ3) is 3.81. The van der Waals surface area contributed by atoms with Crippen LogP contribution in [0.15, 0.2) is 24.3 Å². The van der Waals surface area contributed by atoms with Crippen molar-refractivity contribution in [3.63, 3.8) is 0 Å². The summed E-state index contributed by atoms with van der Waals surface area (Å²) in [5.41, 5.74) is 6.52. The van der Waals surface area contributed by atoms with Gasteiger partial charge in [0, 0.05) is 12.5 Å². The van der Waals surface area contributed by atoms with Crippen molar-refractivity contribution in [3.05, 3.63) is 35.4 Å². The van der Waals surface area contributed by atoms with Crippen molar-refractivity contribution in [3.8, 4) is 0 Å². The van der Waals surface area contributed by atoms with Gasteiger partial charge in [0.2, 0.25) is 5.91 Å². The zero-order valence-electron chi connectivity index (χ0n) is 11.2. The molecule has 0 unspecified atom stereocenters. The first kappa shape index (κ1) is 13.6. The van der Waals surface area contributed by atoms with Crippen molar-refractivity contribution < 1.29 is 9.59 Å². The SMILES string of the molecule is CC(=O)NNC(=O)c1ccc(C2CCCCC2)cc1. The van der Waals surface area contributed by atoms with Gasteiger partial charge in [0.1, 0.15) is 0 Å². The largest absolute Gasteiger partial charge is 0.274 e. The molecule has 0 spiro atoms. The second-order valence-electron chi connectivity index (χ2n) is 5.09. The van der Waals surface area contributed by atoms with E-state index in [1.54, 1.807) is 0 Å². The molecule has 4 nitrogen and oxygen atoms in total. The summed E-state index contributed by atoms with van der Waals surface area (Å²) < 4.78 is 0. The van der Waals surface area contributed by atoms with Crippen LogP contribution in [0.1, 0.15) is 60.9 Å². The lowest BCUT2D eigenvalue weighted by Gasteiger charge is -2.22. The fourth-order valence-electron chi connectivity index (χ4n) is 2.56. The number of carbonyl (C=O) groups is 2. The maximum atomic E-state index is 11.7. The quantitative estimate of drug-likeness (QED) is 0.803. The molecule has 0 saturated heterocycles. The van der Waals surface area contributed by atoms with E-state index < -0.39 is 0 Å². The van der Waals surface area contributed by atoms with Crippen LogP contribution < -0.4 is 10.9 Å². The van der Waals surface area contributed by atoms with Crippen molar-refractivity contribution in [1.29, 1.82) is 0 Å². The minimum absolute atomic E-state index is 0.285. The van der Waals surface area contributed by atoms with Gasteiger partial charge in [-0.2, -0.15) is 0 Å². The van der Waals surface area contributed by atoms with E-state index in [9.17, 15) is 9.59 Å². The Bertz CT molecular complexity index is 448. The number of hydrogen-bond donors (Lipinski definition) is 2. The first-order chi connectivity index (χ1) is 9.16. The maximum Gasteiger partial charge on any atom is 0.269 e. The van der Waals surface area contributed by atoms with Gasteiger partial charge >= 0.3 is 0 Å². The highest BCUT2D eigenvalue weighted by Gasteiger charge is 2.15. The Morgan fingerprint density at radius 2 is 1.63 bits per heavy atom.